The fourth-order valence-corrected chi connectivity index (χ4v) is 3.11. The van der Waals surface area contributed by atoms with Crippen LogP contribution in [-0.4, -0.2) is 28.7 Å². The molecular weight excluding hydrogens is 267 g/mol. The third-order valence-corrected chi connectivity index (χ3v) is 4.14. The molecule has 0 aromatic heterocycles. The van der Waals surface area contributed by atoms with Crippen LogP contribution in [0.4, 0.5) is 4.39 Å². The summed E-state index contributed by atoms with van der Waals surface area (Å²) in [5, 5.41) is 18.7. The number of halogens is 1. The van der Waals surface area contributed by atoms with Gasteiger partial charge in [-0.25, -0.2) is 4.39 Å². The molecule has 0 spiro atoms. The summed E-state index contributed by atoms with van der Waals surface area (Å²) >= 11 is 0. The molecule has 1 N–H and O–H groups in total. The van der Waals surface area contributed by atoms with Crippen molar-refractivity contribution in [3.8, 4) is 6.07 Å². The molecule has 2 rings (SSSR count). The Kier molecular flexibility index (Phi) is 5.72. The molecule has 1 aromatic carbocycles. The van der Waals surface area contributed by atoms with Crippen LogP contribution in [0.2, 0.25) is 0 Å². The highest BCUT2D eigenvalue weighted by atomic mass is 19.1. The van der Waals surface area contributed by atoms with E-state index >= 15 is 0 Å². The van der Waals surface area contributed by atoms with Crippen LogP contribution in [-0.2, 0) is 6.54 Å². The Labute approximate surface area is 126 Å². The van der Waals surface area contributed by atoms with Crippen molar-refractivity contribution >= 4 is 0 Å². The van der Waals surface area contributed by atoms with E-state index in [-0.39, 0.29) is 5.82 Å². The van der Waals surface area contributed by atoms with Gasteiger partial charge in [0.05, 0.1) is 17.7 Å². The fraction of sp³-hybridized carbons (Fsp3) is 0.588. The average molecular weight is 290 g/mol. The van der Waals surface area contributed by atoms with Crippen molar-refractivity contribution in [3.63, 3.8) is 0 Å². The molecule has 0 radical (unpaired) electrons. The predicted molar refractivity (Wildman–Crippen MR) is 80.1 cm³/mol. The van der Waals surface area contributed by atoms with Crippen LogP contribution in [0.3, 0.4) is 0 Å². The highest BCUT2D eigenvalue weighted by Gasteiger charge is 2.23. The van der Waals surface area contributed by atoms with Crippen molar-refractivity contribution in [1.82, 2.24) is 4.90 Å². The average Bonchev–Trinajstić information content (AvgIpc) is 2.49. The number of benzene rings is 1. The number of rotatable bonds is 5. The first kappa shape index (κ1) is 15.9. The van der Waals surface area contributed by atoms with Crippen molar-refractivity contribution in [2.24, 2.45) is 0 Å². The molecule has 0 saturated heterocycles. The Morgan fingerprint density at radius 1 is 1.38 bits per heavy atom. The summed E-state index contributed by atoms with van der Waals surface area (Å²) < 4.78 is 14.0. The van der Waals surface area contributed by atoms with Crippen molar-refractivity contribution in [3.05, 3.63) is 35.1 Å². The van der Waals surface area contributed by atoms with Crippen LogP contribution in [0.5, 0.6) is 0 Å². The Morgan fingerprint density at radius 3 is 2.71 bits per heavy atom. The molecule has 114 valence electrons. The zero-order valence-corrected chi connectivity index (χ0v) is 12.6. The number of aliphatic hydroxyl groups is 1. The summed E-state index contributed by atoms with van der Waals surface area (Å²) in [5.74, 6) is -0.277. The lowest BCUT2D eigenvalue weighted by Gasteiger charge is -2.35. The topological polar surface area (TPSA) is 47.3 Å². The standard InChI is InChI=1S/C17H23FN2O/c1-13(21)11-20(16-5-3-2-4-6-16)12-15-9-14(10-19)7-8-17(15)18/h7-9,13,16,21H,2-6,11-12H2,1H3. The largest absolute Gasteiger partial charge is 0.392 e. The summed E-state index contributed by atoms with van der Waals surface area (Å²) in [6, 6.07) is 6.93. The summed E-state index contributed by atoms with van der Waals surface area (Å²) in [6.07, 6.45) is 5.42. The van der Waals surface area contributed by atoms with Gasteiger partial charge in [-0.1, -0.05) is 19.3 Å². The van der Waals surface area contributed by atoms with E-state index in [1.807, 2.05) is 0 Å². The summed E-state index contributed by atoms with van der Waals surface area (Å²) in [4.78, 5) is 2.17. The first-order valence-electron chi connectivity index (χ1n) is 7.71. The molecule has 0 heterocycles. The monoisotopic (exact) mass is 290 g/mol. The van der Waals surface area contributed by atoms with Gasteiger partial charge in [0.15, 0.2) is 0 Å². The summed E-state index contributed by atoms with van der Waals surface area (Å²) in [6.45, 7) is 2.76. The highest BCUT2D eigenvalue weighted by Crippen LogP contribution is 2.25. The molecule has 0 bridgehead atoms. The van der Waals surface area contributed by atoms with E-state index in [1.54, 1.807) is 13.0 Å². The van der Waals surface area contributed by atoms with Gasteiger partial charge >= 0.3 is 0 Å². The number of nitriles is 1. The molecule has 1 aliphatic carbocycles. The molecule has 1 aromatic rings. The van der Waals surface area contributed by atoms with Gasteiger partial charge in [0, 0.05) is 24.7 Å². The minimum Gasteiger partial charge on any atom is -0.392 e. The zero-order valence-electron chi connectivity index (χ0n) is 12.6. The van der Waals surface area contributed by atoms with Gasteiger partial charge in [-0.05, 0) is 38.0 Å². The molecule has 0 aliphatic heterocycles. The first-order valence-corrected chi connectivity index (χ1v) is 7.71. The number of nitrogens with zero attached hydrogens (tertiary/aromatic N) is 2. The molecule has 4 heteroatoms. The number of hydrogen-bond donors (Lipinski definition) is 1. The van der Waals surface area contributed by atoms with Crippen molar-refractivity contribution in [2.45, 2.75) is 57.7 Å². The van der Waals surface area contributed by atoms with Crippen LogP contribution >= 0.6 is 0 Å². The lowest BCUT2D eigenvalue weighted by molar-refractivity contribution is 0.0761. The minimum atomic E-state index is -0.436. The van der Waals surface area contributed by atoms with E-state index in [0.29, 0.717) is 30.3 Å². The molecular formula is C17H23FN2O. The second-order valence-electron chi connectivity index (χ2n) is 5.99. The molecule has 3 nitrogen and oxygen atoms in total. The fourth-order valence-electron chi connectivity index (χ4n) is 3.11. The predicted octanol–water partition coefficient (Wildman–Crippen LogP) is 3.21. The second kappa shape index (κ2) is 7.53. The minimum absolute atomic E-state index is 0.277. The third kappa shape index (κ3) is 4.52. The molecule has 1 saturated carbocycles. The van der Waals surface area contributed by atoms with E-state index in [2.05, 4.69) is 11.0 Å². The van der Waals surface area contributed by atoms with E-state index in [4.69, 9.17) is 5.26 Å². The summed E-state index contributed by atoms with van der Waals surface area (Å²) in [7, 11) is 0. The van der Waals surface area contributed by atoms with E-state index < -0.39 is 6.10 Å². The van der Waals surface area contributed by atoms with Gasteiger partial charge in [0.2, 0.25) is 0 Å². The van der Waals surface area contributed by atoms with Crippen molar-refractivity contribution in [2.75, 3.05) is 6.54 Å². The zero-order chi connectivity index (χ0) is 15.2. The Balaban J connectivity index is 2.15. The Bertz CT molecular complexity index is 504. The van der Waals surface area contributed by atoms with Crippen LogP contribution < -0.4 is 0 Å². The van der Waals surface area contributed by atoms with Gasteiger partial charge in [0.25, 0.3) is 0 Å². The van der Waals surface area contributed by atoms with Crippen molar-refractivity contribution in [1.29, 1.82) is 5.26 Å². The van der Waals surface area contributed by atoms with Crippen LogP contribution in [0.1, 0.15) is 50.2 Å². The van der Waals surface area contributed by atoms with Gasteiger partial charge in [-0.3, -0.25) is 4.90 Å². The third-order valence-electron chi connectivity index (χ3n) is 4.14. The maximum atomic E-state index is 14.0. The lowest BCUT2D eigenvalue weighted by atomic mass is 9.93. The van der Waals surface area contributed by atoms with Crippen LogP contribution in [0.15, 0.2) is 18.2 Å². The van der Waals surface area contributed by atoms with Gasteiger partial charge in [-0.15, -0.1) is 0 Å². The maximum Gasteiger partial charge on any atom is 0.127 e. The van der Waals surface area contributed by atoms with E-state index in [1.165, 1.54) is 31.4 Å². The first-order chi connectivity index (χ1) is 10.1. The SMILES string of the molecule is CC(O)CN(Cc1cc(C#N)ccc1F)C1CCCCC1. The molecule has 1 unspecified atom stereocenters. The Hall–Kier alpha value is -1.44. The van der Waals surface area contributed by atoms with Gasteiger partial charge in [-0.2, -0.15) is 5.26 Å². The smallest absolute Gasteiger partial charge is 0.127 e. The molecule has 0 amide bonds. The van der Waals surface area contributed by atoms with Gasteiger partial charge in [0.1, 0.15) is 5.82 Å². The maximum absolute atomic E-state index is 14.0. The van der Waals surface area contributed by atoms with E-state index in [0.717, 1.165) is 12.8 Å². The summed E-state index contributed by atoms with van der Waals surface area (Å²) in [5.41, 5.74) is 1.02. The van der Waals surface area contributed by atoms with E-state index in [9.17, 15) is 9.50 Å². The highest BCUT2D eigenvalue weighted by molar-refractivity contribution is 5.33. The quantitative estimate of drug-likeness (QED) is 0.905. The lowest BCUT2D eigenvalue weighted by Crippen LogP contribution is -2.40. The van der Waals surface area contributed by atoms with Gasteiger partial charge < -0.3 is 5.11 Å². The number of aliphatic hydroxyl groups excluding tert-OH is 1. The normalized spacial score (nSPS) is 17.7. The second-order valence-corrected chi connectivity index (χ2v) is 5.99. The Morgan fingerprint density at radius 2 is 2.10 bits per heavy atom. The number of hydrogen-bond acceptors (Lipinski definition) is 3. The molecule has 21 heavy (non-hydrogen) atoms. The molecule has 1 atom stereocenters. The van der Waals surface area contributed by atoms with Crippen LogP contribution in [0, 0.1) is 17.1 Å². The molecule has 1 fully saturated rings. The van der Waals surface area contributed by atoms with Crippen molar-refractivity contribution < 1.29 is 9.50 Å². The molecule has 1 aliphatic rings. The van der Waals surface area contributed by atoms with Crippen LogP contribution in [0.25, 0.3) is 0 Å².